The van der Waals surface area contributed by atoms with E-state index in [0.29, 0.717) is 5.39 Å². The van der Waals surface area contributed by atoms with Crippen molar-refractivity contribution in [3.05, 3.63) is 53.6 Å². The molecule has 0 saturated carbocycles. The molecule has 0 amide bonds. The van der Waals surface area contributed by atoms with Crippen LogP contribution in [0.1, 0.15) is 5.56 Å². The summed E-state index contributed by atoms with van der Waals surface area (Å²) in [6.45, 7) is 1.89. The molecular weight excluding hydrogens is 276 g/mol. The maximum absolute atomic E-state index is 13.5. The van der Waals surface area contributed by atoms with Crippen molar-refractivity contribution < 1.29 is 13.9 Å². The summed E-state index contributed by atoms with van der Waals surface area (Å²) < 4.78 is 26.3. The standard InChI is InChI=1S/C15H11F2N3O/c1-8-3-2-4-10-13(8)18-15(21)14(10)20-19-12-6-5-9(16)7-11(12)17/h2-7,18,21H,1H3. The van der Waals surface area contributed by atoms with Gasteiger partial charge in [0.05, 0.1) is 5.52 Å². The molecule has 0 fully saturated rings. The lowest BCUT2D eigenvalue weighted by Crippen LogP contribution is -1.78. The van der Waals surface area contributed by atoms with Gasteiger partial charge >= 0.3 is 0 Å². The molecule has 21 heavy (non-hydrogen) atoms. The molecule has 1 heterocycles. The second-order valence-electron chi connectivity index (χ2n) is 4.62. The van der Waals surface area contributed by atoms with E-state index >= 15 is 0 Å². The average molecular weight is 287 g/mol. The Morgan fingerprint density at radius 1 is 1.10 bits per heavy atom. The molecule has 6 heteroatoms. The largest absolute Gasteiger partial charge is 0.493 e. The topological polar surface area (TPSA) is 60.7 Å². The SMILES string of the molecule is Cc1cccc2c(N=Nc3ccc(F)cc3F)c(O)[nH]c12. The Hall–Kier alpha value is -2.76. The molecule has 4 nitrogen and oxygen atoms in total. The number of halogens is 2. The number of rotatable bonds is 2. The predicted octanol–water partition coefficient (Wildman–Crippen LogP) is 4.88. The summed E-state index contributed by atoms with van der Waals surface area (Å²) in [5.74, 6) is -1.64. The highest BCUT2D eigenvalue weighted by Crippen LogP contribution is 2.37. The lowest BCUT2D eigenvalue weighted by molar-refractivity contribution is 0.459. The van der Waals surface area contributed by atoms with E-state index < -0.39 is 11.6 Å². The van der Waals surface area contributed by atoms with Crippen LogP contribution in [0.2, 0.25) is 0 Å². The second-order valence-corrected chi connectivity index (χ2v) is 4.62. The molecule has 3 rings (SSSR count). The van der Waals surface area contributed by atoms with Crippen LogP contribution in [0.4, 0.5) is 20.2 Å². The summed E-state index contributed by atoms with van der Waals surface area (Å²) in [5.41, 5.74) is 1.80. The Bertz CT molecular complexity index is 855. The fourth-order valence-electron chi connectivity index (χ4n) is 2.10. The van der Waals surface area contributed by atoms with Crippen LogP contribution in [0.5, 0.6) is 5.88 Å². The zero-order chi connectivity index (χ0) is 15.0. The quantitative estimate of drug-likeness (QED) is 0.648. The van der Waals surface area contributed by atoms with E-state index in [1.807, 2.05) is 19.1 Å². The van der Waals surface area contributed by atoms with Crippen molar-refractivity contribution in [2.75, 3.05) is 0 Å². The lowest BCUT2D eigenvalue weighted by Gasteiger charge is -1.96. The minimum absolute atomic E-state index is 0.0993. The van der Waals surface area contributed by atoms with Crippen molar-refractivity contribution in [2.24, 2.45) is 10.2 Å². The Kier molecular flexibility index (Phi) is 3.13. The molecule has 0 bridgehead atoms. The molecule has 2 N–H and O–H groups in total. The van der Waals surface area contributed by atoms with Crippen LogP contribution in [0, 0.1) is 18.6 Å². The van der Waals surface area contributed by atoms with Crippen LogP contribution in [-0.2, 0) is 0 Å². The zero-order valence-electron chi connectivity index (χ0n) is 11.1. The van der Waals surface area contributed by atoms with E-state index in [2.05, 4.69) is 15.2 Å². The Balaban J connectivity index is 2.07. The van der Waals surface area contributed by atoms with Crippen molar-refractivity contribution >= 4 is 22.3 Å². The predicted molar refractivity (Wildman–Crippen MR) is 75.2 cm³/mol. The molecule has 0 aliphatic heterocycles. The van der Waals surface area contributed by atoms with Crippen molar-refractivity contribution in [3.8, 4) is 5.88 Å². The number of aryl methyl sites for hydroxylation is 1. The molecule has 0 unspecified atom stereocenters. The molecular formula is C15H11F2N3O. The van der Waals surface area contributed by atoms with Gasteiger partial charge in [0.15, 0.2) is 11.5 Å². The van der Waals surface area contributed by atoms with Gasteiger partial charge in [-0.25, -0.2) is 8.78 Å². The van der Waals surface area contributed by atoms with Crippen molar-refractivity contribution in [2.45, 2.75) is 6.92 Å². The molecule has 0 spiro atoms. The lowest BCUT2D eigenvalue weighted by atomic mass is 10.1. The first kappa shape index (κ1) is 13.2. The maximum Gasteiger partial charge on any atom is 0.218 e. The van der Waals surface area contributed by atoms with Gasteiger partial charge < -0.3 is 10.1 Å². The number of para-hydroxylation sites is 1. The fraction of sp³-hybridized carbons (Fsp3) is 0.0667. The number of aromatic nitrogens is 1. The molecule has 0 aliphatic carbocycles. The van der Waals surface area contributed by atoms with E-state index in [4.69, 9.17) is 0 Å². The number of hydrogen-bond acceptors (Lipinski definition) is 3. The van der Waals surface area contributed by atoms with Crippen molar-refractivity contribution in [1.82, 2.24) is 4.98 Å². The Morgan fingerprint density at radius 2 is 1.90 bits per heavy atom. The monoisotopic (exact) mass is 287 g/mol. The number of H-pyrrole nitrogens is 1. The minimum Gasteiger partial charge on any atom is -0.493 e. The number of hydrogen-bond donors (Lipinski definition) is 2. The van der Waals surface area contributed by atoms with E-state index in [1.165, 1.54) is 6.07 Å². The van der Waals surface area contributed by atoms with Crippen molar-refractivity contribution in [1.29, 1.82) is 0 Å². The molecule has 2 aromatic carbocycles. The molecule has 106 valence electrons. The summed E-state index contributed by atoms with van der Waals surface area (Å²) in [5, 5.41) is 18.2. The highest BCUT2D eigenvalue weighted by molar-refractivity contribution is 5.95. The van der Waals surface area contributed by atoms with Crippen LogP contribution in [0.15, 0.2) is 46.6 Å². The number of azo groups is 1. The molecule has 0 saturated heterocycles. The molecule has 1 aromatic heterocycles. The minimum atomic E-state index is -0.811. The van der Waals surface area contributed by atoms with Crippen molar-refractivity contribution in [3.63, 3.8) is 0 Å². The van der Waals surface area contributed by atoms with Crippen LogP contribution in [0.3, 0.4) is 0 Å². The number of aromatic amines is 1. The third-order valence-corrected chi connectivity index (χ3v) is 3.16. The van der Waals surface area contributed by atoms with Crippen LogP contribution >= 0.6 is 0 Å². The van der Waals surface area contributed by atoms with Gasteiger partial charge in [0.2, 0.25) is 5.88 Å². The van der Waals surface area contributed by atoms with Gasteiger partial charge in [0.1, 0.15) is 11.5 Å². The first-order valence-corrected chi connectivity index (χ1v) is 6.23. The molecule has 0 atom stereocenters. The Morgan fingerprint density at radius 3 is 2.67 bits per heavy atom. The highest BCUT2D eigenvalue weighted by atomic mass is 19.1. The van der Waals surface area contributed by atoms with Gasteiger partial charge in [-0.2, -0.15) is 0 Å². The number of nitrogens with one attached hydrogen (secondary N) is 1. The average Bonchev–Trinajstić information content (AvgIpc) is 2.76. The molecule has 3 aromatic rings. The third kappa shape index (κ3) is 2.35. The van der Waals surface area contributed by atoms with Gasteiger partial charge in [-0.15, -0.1) is 10.2 Å². The second kappa shape index (κ2) is 4.97. The summed E-state index contributed by atoms with van der Waals surface area (Å²) in [4.78, 5) is 2.80. The van der Waals surface area contributed by atoms with E-state index in [0.717, 1.165) is 23.2 Å². The van der Waals surface area contributed by atoms with Gasteiger partial charge in [0, 0.05) is 11.5 Å². The van der Waals surface area contributed by atoms with Crippen LogP contribution in [-0.4, -0.2) is 10.1 Å². The Labute approximate surface area is 118 Å². The van der Waals surface area contributed by atoms with E-state index in [-0.39, 0.29) is 17.3 Å². The smallest absolute Gasteiger partial charge is 0.218 e. The highest BCUT2D eigenvalue weighted by Gasteiger charge is 2.12. The normalized spacial score (nSPS) is 11.6. The summed E-state index contributed by atoms with van der Waals surface area (Å²) in [6.07, 6.45) is 0. The van der Waals surface area contributed by atoms with Crippen LogP contribution in [0.25, 0.3) is 10.9 Å². The zero-order valence-corrected chi connectivity index (χ0v) is 11.1. The first-order valence-electron chi connectivity index (χ1n) is 6.23. The third-order valence-electron chi connectivity index (χ3n) is 3.16. The fourth-order valence-corrected chi connectivity index (χ4v) is 2.10. The van der Waals surface area contributed by atoms with Gasteiger partial charge in [-0.1, -0.05) is 18.2 Å². The number of aromatic hydroxyl groups is 1. The number of fused-ring (bicyclic) bond motifs is 1. The van der Waals surface area contributed by atoms with Crippen LogP contribution < -0.4 is 0 Å². The van der Waals surface area contributed by atoms with Gasteiger partial charge in [-0.3, -0.25) is 0 Å². The summed E-state index contributed by atoms with van der Waals surface area (Å²) in [6, 6.07) is 8.49. The molecule has 0 aliphatic rings. The van der Waals surface area contributed by atoms with Gasteiger partial charge in [0.25, 0.3) is 0 Å². The number of benzene rings is 2. The number of nitrogens with zero attached hydrogens (tertiary/aromatic N) is 2. The molecule has 0 radical (unpaired) electrons. The van der Waals surface area contributed by atoms with E-state index in [1.54, 1.807) is 6.07 Å². The van der Waals surface area contributed by atoms with E-state index in [9.17, 15) is 13.9 Å². The summed E-state index contributed by atoms with van der Waals surface area (Å²) >= 11 is 0. The summed E-state index contributed by atoms with van der Waals surface area (Å²) in [7, 11) is 0. The van der Waals surface area contributed by atoms with Gasteiger partial charge in [-0.05, 0) is 24.6 Å². The first-order chi connectivity index (χ1) is 10.1. The maximum atomic E-state index is 13.5.